The van der Waals surface area contributed by atoms with E-state index in [4.69, 9.17) is 4.42 Å². The average molecular weight is 378 g/mol. The van der Waals surface area contributed by atoms with E-state index >= 15 is 0 Å². The second-order valence-electron chi connectivity index (χ2n) is 5.96. The molecule has 1 saturated carbocycles. The van der Waals surface area contributed by atoms with Crippen LogP contribution in [-0.4, -0.2) is 26.5 Å². The fourth-order valence-electron chi connectivity index (χ4n) is 3.23. The lowest BCUT2D eigenvalue weighted by atomic mass is 9.81. The van der Waals surface area contributed by atoms with Gasteiger partial charge in [0.1, 0.15) is 9.84 Å². The Morgan fingerprint density at radius 2 is 2.24 bits per heavy atom. The SMILES string of the molecule is CCCNC(c1ccoc1Br)C1CCCC(S(C)(=O)=O)C1. The van der Waals surface area contributed by atoms with Crippen LogP contribution >= 0.6 is 15.9 Å². The van der Waals surface area contributed by atoms with Crippen molar-refractivity contribution in [3.05, 3.63) is 22.6 Å². The Hall–Kier alpha value is -0.330. The summed E-state index contributed by atoms with van der Waals surface area (Å²) in [5.41, 5.74) is 1.10. The van der Waals surface area contributed by atoms with Gasteiger partial charge in [-0.2, -0.15) is 0 Å². The first-order valence-corrected chi connectivity index (χ1v) is 10.3. The van der Waals surface area contributed by atoms with Crippen LogP contribution in [0.4, 0.5) is 0 Å². The summed E-state index contributed by atoms with van der Waals surface area (Å²) >= 11 is 3.46. The van der Waals surface area contributed by atoms with Gasteiger partial charge in [0.2, 0.25) is 0 Å². The molecule has 1 fully saturated rings. The van der Waals surface area contributed by atoms with Gasteiger partial charge in [-0.1, -0.05) is 13.3 Å². The Kier molecular flexibility index (Phi) is 5.91. The van der Waals surface area contributed by atoms with Crippen LogP contribution in [0, 0.1) is 5.92 Å². The van der Waals surface area contributed by atoms with Crippen molar-refractivity contribution < 1.29 is 12.8 Å². The largest absolute Gasteiger partial charge is 0.457 e. The van der Waals surface area contributed by atoms with Gasteiger partial charge in [0.05, 0.1) is 11.5 Å². The van der Waals surface area contributed by atoms with Crippen molar-refractivity contribution in [1.82, 2.24) is 5.32 Å². The van der Waals surface area contributed by atoms with Gasteiger partial charge in [-0.3, -0.25) is 0 Å². The maximum Gasteiger partial charge on any atom is 0.173 e. The highest BCUT2D eigenvalue weighted by Crippen LogP contribution is 2.39. The highest BCUT2D eigenvalue weighted by atomic mass is 79.9. The van der Waals surface area contributed by atoms with Crippen LogP contribution in [0.5, 0.6) is 0 Å². The molecule has 1 aliphatic carbocycles. The maximum absolute atomic E-state index is 11.9. The summed E-state index contributed by atoms with van der Waals surface area (Å²) in [6.07, 6.45) is 7.65. The number of sulfone groups is 1. The van der Waals surface area contributed by atoms with Crippen molar-refractivity contribution in [1.29, 1.82) is 0 Å². The molecule has 1 aromatic heterocycles. The van der Waals surface area contributed by atoms with Crippen LogP contribution in [0.3, 0.4) is 0 Å². The number of furan rings is 1. The maximum atomic E-state index is 11.9. The number of rotatable bonds is 6. The van der Waals surface area contributed by atoms with E-state index in [9.17, 15) is 8.42 Å². The van der Waals surface area contributed by atoms with Gasteiger partial charge in [-0.25, -0.2) is 8.42 Å². The van der Waals surface area contributed by atoms with Gasteiger partial charge >= 0.3 is 0 Å². The first-order chi connectivity index (χ1) is 9.93. The van der Waals surface area contributed by atoms with Crippen LogP contribution in [0.25, 0.3) is 0 Å². The molecule has 1 aliphatic rings. The zero-order valence-electron chi connectivity index (χ0n) is 12.6. The first kappa shape index (κ1) is 17.0. The molecule has 0 radical (unpaired) electrons. The van der Waals surface area contributed by atoms with Gasteiger partial charge in [-0.15, -0.1) is 0 Å². The molecule has 0 saturated heterocycles. The molecule has 0 amide bonds. The lowest BCUT2D eigenvalue weighted by molar-refractivity contribution is 0.271. The minimum absolute atomic E-state index is 0.155. The number of hydrogen-bond donors (Lipinski definition) is 1. The quantitative estimate of drug-likeness (QED) is 0.820. The van der Waals surface area contributed by atoms with Crippen molar-refractivity contribution >= 4 is 25.8 Å². The van der Waals surface area contributed by atoms with Crippen LogP contribution in [-0.2, 0) is 9.84 Å². The number of halogens is 1. The molecular formula is C15H24BrNO3S. The standard InChI is InChI=1S/C15H24BrNO3S/c1-3-8-17-14(13-7-9-20-15(13)16)11-5-4-6-12(10-11)21(2,18)19/h7,9,11-12,14,17H,3-6,8,10H2,1-2H3. The Bertz CT molecular complexity index is 555. The zero-order chi connectivity index (χ0) is 15.5. The van der Waals surface area contributed by atoms with Crippen molar-refractivity contribution in [2.75, 3.05) is 12.8 Å². The summed E-state index contributed by atoms with van der Waals surface area (Å²) in [5.74, 6) is 0.332. The van der Waals surface area contributed by atoms with Crippen LogP contribution in [0.1, 0.15) is 50.6 Å². The van der Waals surface area contributed by atoms with E-state index < -0.39 is 9.84 Å². The molecule has 1 aromatic rings. The van der Waals surface area contributed by atoms with Gasteiger partial charge in [-0.05, 0) is 60.1 Å². The monoisotopic (exact) mass is 377 g/mol. The summed E-state index contributed by atoms with van der Waals surface area (Å²) in [6, 6.07) is 2.13. The Balaban J connectivity index is 2.18. The van der Waals surface area contributed by atoms with E-state index in [0.717, 1.165) is 48.9 Å². The van der Waals surface area contributed by atoms with E-state index in [1.165, 1.54) is 6.26 Å². The topological polar surface area (TPSA) is 59.3 Å². The lowest BCUT2D eigenvalue weighted by Crippen LogP contribution is -2.35. The minimum Gasteiger partial charge on any atom is -0.457 e. The van der Waals surface area contributed by atoms with Gasteiger partial charge in [0.15, 0.2) is 4.67 Å². The summed E-state index contributed by atoms with van der Waals surface area (Å²) in [5, 5.41) is 3.37. The third kappa shape index (κ3) is 4.33. The number of hydrogen-bond acceptors (Lipinski definition) is 4. The smallest absolute Gasteiger partial charge is 0.173 e. The summed E-state index contributed by atoms with van der Waals surface area (Å²) in [4.78, 5) is 0. The molecule has 4 nitrogen and oxygen atoms in total. The molecule has 2 rings (SSSR count). The van der Waals surface area contributed by atoms with Gasteiger partial charge < -0.3 is 9.73 Å². The molecule has 0 spiro atoms. The van der Waals surface area contributed by atoms with E-state index in [1.807, 2.05) is 6.07 Å². The number of nitrogens with one attached hydrogen (secondary N) is 1. The van der Waals surface area contributed by atoms with E-state index in [1.54, 1.807) is 6.26 Å². The molecule has 21 heavy (non-hydrogen) atoms. The fraction of sp³-hybridized carbons (Fsp3) is 0.733. The first-order valence-electron chi connectivity index (χ1n) is 7.58. The lowest BCUT2D eigenvalue weighted by Gasteiger charge is -2.34. The molecule has 6 heteroatoms. The van der Waals surface area contributed by atoms with Gasteiger partial charge in [0.25, 0.3) is 0 Å². The third-order valence-electron chi connectivity index (χ3n) is 4.34. The Labute approximate surface area is 135 Å². The van der Waals surface area contributed by atoms with Crippen molar-refractivity contribution in [2.24, 2.45) is 5.92 Å². The van der Waals surface area contributed by atoms with E-state index in [-0.39, 0.29) is 11.3 Å². The highest BCUT2D eigenvalue weighted by molar-refractivity contribution is 9.10. The predicted molar refractivity (Wildman–Crippen MR) is 88.0 cm³/mol. The second kappa shape index (κ2) is 7.29. The second-order valence-corrected chi connectivity index (χ2v) is 9.01. The Morgan fingerprint density at radius 1 is 1.48 bits per heavy atom. The van der Waals surface area contributed by atoms with Crippen molar-refractivity contribution in [2.45, 2.75) is 50.3 Å². The third-order valence-corrected chi connectivity index (χ3v) is 6.62. The molecule has 3 unspecified atom stereocenters. The Morgan fingerprint density at radius 3 is 2.81 bits per heavy atom. The van der Waals surface area contributed by atoms with Crippen molar-refractivity contribution in [3.8, 4) is 0 Å². The molecule has 0 aromatic carbocycles. The molecule has 1 heterocycles. The van der Waals surface area contributed by atoms with Crippen LogP contribution in [0.2, 0.25) is 0 Å². The average Bonchev–Trinajstić information content (AvgIpc) is 2.85. The van der Waals surface area contributed by atoms with Crippen LogP contribution in [0.15, 0.2) is 21.4 Å². The summed E-state index contributed by atoms with van der Waals surface area (Å²) in [6.45, 7) is 3.05. The fourth-order valence-corrected chi connectivity index (χ4v) is 4.91. The molecule has 1 N–H and O–H groups in total. The van der Waals surface area contributed by atoms with Crippen molar-refractivity contribution in [3.63, 3.8) is 0 Å². The molecule has 0 bridgehead atoms. The van der Waals surface area contributed by atoms with E-state index in [0.29, 0.717) is 5.92 Å². The highest BCUT2D eigenvalue weighted by Gasteiger charge is 2.34. The normalized spacial score (nSPS) is 24.9. The van der Waals surface area contributed by atoms with Crippen LogP contribution < -0.4 is 5.32 Å². The summed E-state index contributed by atoms with van der Waals surface area (Å²) < 4.78 is 29.9. The molecule has 0 aliphatic heterocycles. The zero-order valence-corrected chi connectivity index (χ0v) is 15.0. The minimum atomic E-state index is -2.95. The molecule has 3 atom stereocenters. The molecule has 120 valence electrons. The molecular weight excluding hydrogens is 354 g/mol. The van der Waals surface area contributed by atoms with E-state index in [2.05, 4.69) is 28.2 Å². The predicted octanol–water partition coefficient (Wildman–Crippen LogP) is 3.69. The van der Waals surface area contributed by atoms with Gasteiger partial charge in [0, 0.05) is 17.9 Å². The summed E-state index contributed by atoms with van der Waals surface area (Å²) in [7, 11) is -2.95.